The van der Waals surface area contributed by atoms with Crippen LogP contribution in [0.3, 0.4) is 0 Å². The molecule has 0 amide bonds. The zero-order valence-corrected chi connectivity index (χ0v) is 15.8. The standard InChI is InChI=1S/C21H13ClFNO5/c1-28-11-4-2-10(3-5-11)9-29-14-8-24-21(27)18-17(14)19(25)15-12(22)6-7-13(23)16(15)20(18)26/h2-8H,9H2,1H3,(H,24,27). The Morgan fingerprint density at radius 3 is 2.31 bits per heavy atom. The van der Waals surface area contributed by atoms with Crippen LogP contribution in [0.25, 0.3) is 0 Å². The molecule has 146 valence electrons. The zero-order valence-electron chi connectivity index (χ0n) is 15.0. The summed E-state index contributed by atoms with van der Waals surface area (Å²) >= 11 is 6.06. The van der Waals surface area contributed by atoms with E-state index in [0.29, 0.717) is 5.75 Å². The number of ketones is 2. The Bertz CT molecular complexity index is 1220. The van der Waals surface area contributed by atoms with E-state index >= 15 is 0 Å². The predicted octanol–water partition coefficient (Wildman–Crippen LogP) is 3.53. The van der Waals surface area contributed by atoms with E-state index in [1.165, 1.54) is 12.3 Å². The fraction of sp³-hybridized carbons (Fsp3) is 0.0952. The maximum absolute atomic E-state index is 14.2. The van der Waals surface area contributed by atoms with Gasteiger partial charge in [0.1, 0.15) is 29.5 Å². The first-order valence-electron chi connectivity index (χ1n) is 8.51. The second-order valence-corrected chi connectivity index (χ2v) is 6.71. The summed E-state index contributed by atoms with van der Waals surface area (Å²) < 4.78 is 25.0. The second-order valence-electron chi connectivity index (χ2n) is 6.31. The number of benzene rings is 2. The minimum absolute atomic E-state index is 0.000235. The molecule has 1 aliphatic carbocycles. The quantitative estimate of drug-likeness (QED) is 0.553. The van der Waals surface area contributed by atoms with Crippen molar-refractivity contribution in [3.8, 4) is 11.5 Å². The first kappa shape index (κ1) is 18.9. The largest absolute Gasteiger partial charge is 0.497 e. The lowest BCUT2D eigenvalue weighted by Gasteiger charge is -2.20. The van der Waals surface area contributed by atoms with Crippen molar-refractivity contribution in [3.05, 3.63) is 91.6 Å². The number of ether oxygens (including phenoxy) is 2. The minimum atomic E-state index is -0.919. The molecule has 3 aromatic rings. The number of carbonyl (C=O) groups excluding carboxylic acids is 2. The third-order valence-electron chi connectivity index (χ3n) is 4.62. The number of methoxy groups -OCH3 is 1. The van der Waals surface area contributed by atoms with Crippen molar-refractivity contribution < 1.29 is 23.5 Å². The molecule has 4 rings (SSSR count). The highest BCUT2D eigenvalue weighted by atomic mass is 35.5. The van der Waals surface area contributed by atoms with Gasteiger partial charge < -0.3 is 14.5 Å². The molecule has 0 aliphatic heterocycles. The van der Waals surface area contributed by atoms with Crippen LogP contribution in [-0.2, 0) is 6.61 Å². The number of fused-ring (bicyclic) bond motifs is 2. The molecule has 0 saturated carbocycles. The molecular weight excluding hydrogens is 401 g/mol. The third kappa shape index (κ3) is 3.09. The topological polar surface area (TPSA) is 85.5 Å². The summed E-state index contributed by atoms with van der Waals surface area (Å²) in [5, 5.41) is -0.0770. The van der Waals surface area contributed by atoms with Gasteiger partial charge >= 0.3 is 0 Å². The van der Waals surface area contributed by atoms with Crippen LogP contribution in [0.1, 0.15) is 37.4 Å². The molecule has 8 heteroatoms. The van der Waals surface area contributed by atoms with E-state index in [4.69, 9.17) is 21.1 Å². The lowest BCUT2D eigenvalue weighted by atomic mass is 9.84. The lowest BCUT2D eigenvalue weighted by Crippen LogP contribution is -2.31. The molecule has 2 aromatic carbocycles. The number of aromatic amines is 1. The minimum Gasteiger partial charge on any atom is -0.497 e. The maximum atomic E-state index is 14.2. The van der Waals surface area contributed by atoms with Gasteiger partial charge in [0, 0.05) is 6.20 Å². The molecule has 1 N–H and O–H groups in total. The highest BCUT2D eigenvalue weighted by Gasteiger charge is 2.38. The van der Waals surface area contributed by atoms with Crippen LogP contribution in [0.5, 0.6) is 11.5 Å². The molecule has 0 atom stereocenters. The highest BCUT2D eigenvalue weighted by molar-refractivity contribution is 6.39. The van der Waals surface area contributed by atoms with E-state index in [1.807, 2.05) is 0 Å². The van der Waals surface area contributed by atoms with Gasteiger partial charge in [-0.1, -0.05) is 23.7 Å². The molecule has 29 heavy (non-hydrogen) atoms. The van der Waals surface area contributed by atoms with Crippen molar-refractivity contribution in [1.82, 2.24) is 4.98 Å². The number of hydrogen-bond donors (Lipinski definition) is 1. The average molecular weight is 414 g/mol. The van der Waals surface area contributed by atoms with Gasteiger partial charge in [-0.2, -0.15) is 0 Å². The van der Waals surface area contributed by atoms with Gasteiger partial charge in [0.2, 0.25) is 5.78 Å². The van der Waals surface area contributed by atoms with Crippen LogP contribution >= 0.6 is 11.6 Å². The first-order valence-corrected chi connectivity index (χ1v) is 8.89. The van der Waals surface area contributed by atoms with E-state index in [2.05, 4.69) is 4.98 Å². The first-order chi connectivity index (χ1) is 13.9. The van der Waals surface area contributed by atoms with Gasteiger partial charge in [-0.25, -0.2) is 4.39 Å². The molecule has 1 heterocycles. The monoisotopic (exact) mass is 413 g/mol. The van der Waals surface area contributed by atoms with Gasteiger partial charge in [-0.05, 0) is 29.8 Å². The van der Waals surface area contributed by atoms with Crippen molar-refractivity contribution in [2.75, 3.05) is 7.11 Å². The molecule has 6 nitrogen and oxygen atoms in total. The number of carbonyl (C=O) groups is 2. The van der Waals surface area contributed by atoms with Crippen LogP contribution in [0.2, 0.25) is 5.02 Å². The van der Waals surface area contributed by atoms with Crippen LogP contribution in [-0.4, -0.2) is 23.7 Å². The third-order valence-corrected chi connectivity index (χ3v) is 4.94. The Kier molecular flexibility index (Phi) is 4.68. The SMILES string of the molecule is COc1ccc(COc2c[nH]c(=O)c3c2C(=O)c2c(Cl)ccc(F)c2C3=O)cc1. The smallest absolute Gasteiger partial charge is 0.260 e. The summed E-state index contributed by atoms with van der Waals surface area (Å²) in [7, 11) is 1.55. The molecule has 0 fully saturated rings. The normalized spacial score (nSPS) is 12.4. The van der Waals surface area contributed by atoms with Crippen molar-refractivity contribution in [3.63, 3.8) is 0 Å². The fourth-order valence-electron chi connectivity index (χ4n) is 3.20. The van der Waals surface area contributed by atoms with Gasteiger partial charge in [0.05, 0.1) is 28.8 Å². The predicted molar refractivity (Wildman–Crippen MR) is 103 cm³/mol. The van der Waals surface area contributed by atoms with Gasteiger partial charge in [-0.3, -0.25) is 14.4 Å². The fourth-order valence-corrected chi connectivity index (χ4v) is 3.44. The second kappa shape index (κ2) is 7.18. The van der Waals surface area contributed by atoms with Crippen LogP contribution in [0, 0.1) is 5.82 Å². The molecule has 1 aliphatic rings. The number of hydrogen-bond acceptors (Lipinski definition) is 5. The van der Waals surface area contributed by atoms with E-state index in [9.17, 15) is 18.8 Å². The molecule has 1 aromatic heterocycles. The Hall–Kier alpha value is -3.45. The number of pyridine rings is 1. The molecule has 0 spiro atoms. The summed E-state index contributed by atoms with van der Waals surface area (Å²) in [6, 6.07) is 9.20. The zero-order chi connectivity index (χ0) is 20.7. The van der Waals surface area contributed by atoms with Crippen molar-refractivity contribution in [2.45, 2.75) is 6.61 Å². The van der Waals surface area contributed by atoms with E-state index in [-0.39, 0.29) is 28.5 Å². The number of aromatic nitrogens is 1. The van der Waals surface area contributed by atoms with E-state index in [0.717, 1.165) is 11.6 Å². The van der Waals surface area contributed by atoms with E-state index in [1.54, 1.807) is 31.4 Å². The maximum Gasteiger partial charge on any atom is 0.260 e. The van der Waals surface area contributed by atoms with Crippen molar-refractivity contribution >= 4 is 23.2 Å². The van der Waals surface area contributed by atoms with Crippen LogP contribution in [0.4, 0.5) is 4.39 Å². The molecule has 0 unspecified atom stereocenters. The number of nitrogens with one attached hydrogen (secondary N) is 1. The molecule has 0 saturated heterocycles. The summed E-state index contributed by atoms with van der Waals surface area (Å²) in [6.07, 6.45) is 1.20. The Morgan fingerprint density at radius 1 is 0.931 bits per heavy atom. The summed E-state index contributed by atoms with van der Waals surface area (Å²) in [5.74, 6) is -1.90. The highest BCUT2D eigenvalue weighted by Crippen LogP contribution is 2.35. The Morgan fingerprint density at radius 2 is 1.62 bits per heavy atom. The lowest BCUT2D eigenvalue weighted by molar-refractivity contribution is 0.0970. The molecule has 0 bridgehead atoms. The van der Waals surface area contributed by atoms with Crippen LogP contribution in [0.15, 0.2) is 47.4 Å². The Labute approximate surface area is 168 Å². The average Bonchev–Trinajstić information content (AvgIpc) is 2.72. The van der Waals surface area contributed by atoms with Crippen LogP contribution < -0.4 is 15.0 Å². The van der Waals surface area contributed by atoms with Crippen molar-refractivity contribution in [1.29, 1.82) is 0 Å². The number of H-pyrrole nitrogens is 1. The number of rotatable bonds is 4. The Balaban J connectivity index is 1.78. The number of halogens is 2. The van der Waals surface area contributed by atoms with Crippen molar-refractivity contribution in [2.24, 2.45) is 0 Å². The molecular formula is C21H13ClFNO5. The molecule has 0 radical (unpaired) electrons. The van der Waals surface area contributed by atoms with Gasteiger partial charge in [0.15, 0.2) is 5.78 Å². The summed E-state index contributed by atoms with van der Waals surface area (Å²) in [4.78, 5) is 40.5. The van der Waals surface area contributed by atoms with Gasteiger partial charge in [0.25, 0.3) is 5.56 Å². The van der Waals surface area contributed by atoms with Gasteiger partial charge in [-0.15, -0.1) is 0 Å². The summed E-state index contributed by atoms with van der Waals surface area (Å²) in [6.45, 7) is 0.0632. The van der Waals surface area contributed by atoms with E-state index < -0.39 is 34.1 Å². The summed E-state index contributed by atoms with van der Waals surface area (Å²) in [5.41, 5.74) is -1.51.